The first-order valence-corrected chi connectivity index (χ1v) is 25.4. The van der Waals surface area contributed by atoms with E-state index in [0.717, 1.165) is 50.0 Å². The number of carbonyl (C=O) groups is 9. The minimum atomic E-state index is -1.41. The first kappa shape index (κ1) is 51.0. The molecule has 0 bridgehead atoms. The lowest BCUT2D eigenvalue weighted by atomic mass is 10.1. The van der Waals surface area contributed by atoms with Crippen molar-refractivity contribution in [3.05, 3.63) is 107 Å². The fourth-order valence-electron chi connectivity index (χ4n) is 8.14. The van der Waals surface area contributed by atoms with E-state index in [1.165, 1.54) is 42.9 Å². The second kappa shape index (κ2) is 21.5. The number of nitrogens with zero attached hydrogens (tertiary/aromatic N) is 5. The topological polar surface area (TPSA) is 198 Å². The summed E-state index contributed by atoms with van der Waals surface area (Å²) in [6.45, 7) is 1.58. The first-order chi connectivity index (χ1) is 34.0. The van der Waals surface area contributed by atoms with Crippen molar-refractivity contribution < 1.29 is 57.4 Å². The minimum Gasteiger partial charge on any atom is -0.497 e. The number of thioether (sulfide) groups is 3. The van der Waals surface area contributed by atoms with E-state index >= 15 is 0 Å². The van der Waals surface area contributed by atoms with Gasteiger partial charge in [0.2, 0.25) is 23.6 Å². The number of thiocarbonyl (C=S) groups is 3. The monoisotopic (exact) mass is 1070 g/mol. The molecule has 3 saturated heterocycles. The molecule has 364 valence electrons. The van der Waals surface area contributed by atoms with E-state index < -0.39 is 76.3 Å². The second-order valence-corrected chi connectivity index (χ2v) is 21.1. The lowest BCUT2D eigenvalue weighted by molar-refractivity contribution is -0.153. The van der Waals surface area contributed by atoms with Crippen molar-refractivity contribution in [3.8, 4) is 5.75 Å². The highest BCUT2D eigenvalue weighted by molar-refractivity contribution is 8.27. The maximum absolute atomic E-state index is 14.0. The zero-order valence-corrected chi connectivity index (χ0v) is 42.6. The van der Waals surface area contributed by atoms with Gasteiger partial charge in [-0.1, -0.05) is 120 Å². The molecule has 0 aromatic heterocycles. The predicted octanol–water partition coefficient (Wildman–Crippen LogP) is 5.54. The molecule has 7 amide bonds. The molecule has 3 aromatic rings. The number of esters is 2. The Morgan fingerprint density at radius 1 is 0.662 bits per heavy atom. The lowest BCUT2D eigenvalue weighted by Crippen LogP contribution is -2.45. The van der Waals surface area contributed by atoms with Gasteiger partial charge in [-0.3, -0.25) is 53.1 Å². The summed E-state index contributed by atoms with van der Waals surface area (Å²) in [5.74, 6) is -4.73. The minimum absolute atomic E-state index is 0.0273. The van der Waals surface area contributed by atoms with E-state index in [1.807, 2.05) is 0 Å². The van der Waals surface area contributed by atoms with Crippen LogP contribution in [-0.2, 0) is 52.6 Å². The van der Waals surface area contributed by atoms with Gasteiger partial charge in [0.25, 0.3) is 17.7 Å². The predicted molar refractivity (Wildman–Crippen MR) is 279 cm³/mol. The molecule has 5 aliphatic rings. The smallest absolute Gasteiger partial charge is 0.329 e. The summed E-state index contributed by atoms with van der Waals surface area (Å²) in [6, 6.07) is 18.9. The number of ether oxygens (including phenoxy) is 3. The quantitative estimate of drug-likeness (QED) is 0.104. The van der Waals surface area contributed by atoms with E-state index in [2.05, 4.69) is 0 Å². The molecule has 3 fully saturated rings. The number of methoxy groups -OCH3 is 1. The molecule has 0 N–H and O–H groups in total. The van der Waals surface area contributed by atoms with Crippen LogP contribution in [0.3, 0.4) is 0 Å². The molecule has 17 nitrogen and oxygen atoms in total. The fourth-order valence-corrected chi connectivity index (χ4v) is 12.4. The summed E-state index contributed by atoms with van der Waals surface area (Å²) < 4.78 is 16.7. The summed E-state index contributed by atoms with van der Waals surface area (Å²) in [7, 11) is 1.52. The maximum atomic E-state index is 14.0. The molecule has 3 unspecified atom stereocenters. The van der Waals surface area contributed by atoms with Crippen LogP contribution in [0.5, 0.6) is 5.75 Å². The van der Waals surface area contributed by atoms with Crippen molar-refractivity contribution in [2.24, 2.45) is 0 Å². The van der Waals surface area contributed by atoms with Gasteiger partial charge < -0.3 is 14.2 Å². The summed E-state index contributed by atoms with van der Waals surface area (Å²) >= 11 is 19.6. The number of fused-ring (bicyclic) bond motifs is 2. The molecule has 5 heterocycles. The Morgan fingerprint density at radius 3 is 1.65 bits per heavy atom. The van der Waals surface area contributed by atoms with Crippen molar-refractivity contribution in [2.45, 2.75) is 43.2 Å². The molecule has 0 aliphatic carbocycles. The second-order valence-electron chi connectivity index (χ2n) is 15.9. The van der Waals surface area contributed by atoms with Gasteiger partial charge in [0, 0.05) is 42.5 Å². The van der Waals surface area contributed by atoms with Crippen LogP contribution >= 0.6 is 71.9 Å². The van der Waals surface area contributed by atoms with Crippen LogP contribution in [0.1, 0.15) is 43.4 Å². The molecular formula is C48H39N5O12S6. The number of hydrogen-bond acceptors (Lipinski definition) is 18. The molecule has 0 saturated carbocycles. The number of imide groups is 2. The molecule has 8 rings (SSSR count). The molecule has 0 radical (unpaired) electrons. The molecule has 3 atom stereocenters. The van der Waals surface area contributed by atoms with Gasteiger partial charge >= 0.3 is 11.9 Å². The number of benzene rings is 3. The van der Waals surface area contributed by atoms with Crippen molar-refractivity contribution in [1.29, 1.82) is 0 Å². The molecule has 23 heteroatoms. The number of rotatable bonds is 15. The Bertz CT molecular complexity index is 2970. The third-order valence-electron chi connectivity index (χ3n) is 11.5. The van der Waals surface area contributed by atoms with Crippen molar-refractivity contribution in [2.75, 3.05) is 43.2 Å². The summed E-state index contributed by atoms with van der Waals surface area (Å²) in [5, 5.41) is -1.80. The van der Waals surface area contributed by atoms with Crippen LogP contribution in [0.25, 0.3) is 17.2 Å². The van der Waals surface area contributed by atoms with Crippen LogP contribution in [0.15, 0.2) is 89.9 Å². The third-order valence-corrected chi connectivity index (χ3v) is 15.9. The molecule has 5 aliphatic heterocycles. The Hall–Kier alpha value is -6.37. The Kier molecular flexibility index (Phi) is 15.5. The molecular weight excluding hydrogens is 1030 g/mol. The number of para-hydroxylation sites is 2. The van der Waals surface area contributed by atoms with E-state index in [9.17, 15) is 43.2 Å². The Labute approximate surface area is 434 Å². The van der Waals surface area contributed by atoms with Crippen LogP contribution in [0.2, 0.25) is 0 Å². The highest BCUT2D eigenvalue weighted by Gasteiger charge is 2.44. The van der Waals surface area contributed by atoms with Crippen molar-refractivity contribution >= 4 is 167 Å². The highest BCUT2D eigenvalue weighted by atomic mass is 32.2. The van der Waals surface area contributed by atoms with Crippen molar-refractivity contribution in [3.63, 3.8) is 0 Å². The number of anilines is 2. The normalized spacial score (nSPS) is 20.8. The largest absolute Gasteiger partial charge is 0.497 e. The summed E-state index contributed by atoms with van der Waals surface area (Å²) in [6.07, 6.45) is 3.86. The van der Waals surface area contributed by atoms with Crippen LogP contribution in [0.4, 0.5) is 11.4 Å². The number of hydrogen-bond donors (Lipinski definition) is 0. The van der Waals surface area contributed by atoms with Crippen LogP contribution in [0, 0.1) is 0 Å². The average Bonchev–Trinajstić information content (AvgIpc) is 4.05. The van der Waals surface area contributed by atoms with Gasteiger partial charge in [-0.05, 0) is 54.5 Å². The first-order valence-electron chi connectivity index (χ1n) is 21.6. The number of amides is 7. The lowest BCUT2D eigenvalue weighted by Gasteiger charge is -2.25. The third kappa shape index (κ3) is 10.4. The van der Waals surface area contributed by atoms with E-state index in [0.29, 0.717) is 33.8 Å². The van der Waals surface area contributed by atoms with Gasteiger partial charge in [0.15, 0.2) is 0 Å². The van der Waals surface area contributed by atoms with E-state index in [-0.39, 0.29) is 61.7 Å². The molecule has 3 aromatic carbocycles. The Morgan fingerprint density at radius 2 is 1.15 bits per heavy atom. The van der Waals surface area contributed by atoms with Gasteiger partial charge in [-0.15, -0.1) is 0 Å². The van der Waals surface area contributed by atoms with Gasteiger partial charge in [0.1, 0.15) is 48.5 Å². The standard InChI is InChI=1S/C48H39N5O12S6/c1-25(54)51-33-10-6-4-8-29(33)31(40(51)57)23-37-42(59)49(46(66)69-37)18-20-64-39(56)17-16-35(53-44(61)36(71-48(53)68)22-27-12-14-28(63-3)15-13-27)45(62)65-21-19-50-43(60)38(70-47(50)67)24-32-30-9-5-7-11-34(30)52(26(2)55)41(32)58/h4-15,22-24,35,37-38H,16-21H2,1-3H3/b31-23-,32-24-,36-22-. The van der Waals surface area contributed by atoms with Gasteiger partial charge in [-0.25, -0.2) is 14.6 Å². The average molecular weight is 1070 g/mol. The maximum Gasteiger partial charge on any atom is 0.329 e. The van der Waals surface area contributed by atoms with Crippen LogP contribution in [-0.4, -0.2) is 131 Å². The zero-order chi connectivity index (χ0) is 50.8. The van der Waals surface area contributed by atoms with Crippen LogP contribution < -0.4 is 14.5 Å². The zero-order valence-electron chi connectivity index (χ0n) is 37.7. The SMILES string of the molecule is COc1ccc(/C=C2\SC(=S)N(C(CCC(=O)OCCN3C(=O)C(/C=C4\C(=O)N(C(C)=O)c5ccccc54)SC3=S)C(=O)OCCN3C(=O)C(/C=C4\C(=O)N(C(C)=O)c5ccccc54)SC3=S)C2=O)cc1. The van der Waals surface area contributed by atoms with E-state index in [4.69, 9.17) is 50.9 Å². The summed E-state index contributed by atoms with van der Waals surface area (Å²) in [4.78, 5) is 125. The Balaban J connectivity index is 0.911. The van der Waals surface area contributed by atoms with Gasteiger partial charge in [-0.2, -0.15) is 0 Å². The number of carbonyl (C=O) groups excluding carboxylic acids is 9. The highest BCUT2D eigenvalue weighted by Crippen LogP contribution is 2.41. The van der Waals surface area contributed by atoms with Gasteiger partial charge in [0.05, 0.1) is 36.5 Å². The summed E-state index contributed by atoms with van der Waals surface area (Å²) in [5.41, 5.74) is 2.82. The van der Waals surface area contributed by atoms with Crippen molar-refractivity contribution in [1.82, 2.24) is 14.7 Å². The molecule has 0 spiro atoms. The van der Waals surface area contributed by atoms with E-state index in [1.54, 1.807) is 78.9 Å². The molecule has 71 heavy (non-hydrogen) atoms. The fraction of sp³-hybridized carbons (Fsp3) is 0.250.